The van der Waals surface area contributed by atoms with Crippen LogP contribution < -0.4 is 5.73 Å². The van der Waals surface area contributed by atoms with Gasteiger partial charge in [0.2, 0.25) is 0 Å². The van der Waals surface area contributed by atoms with Gasteiger partial charge < -0.3 is 10.8 Å². The lowest BCUT2D eigenvalue weighted by Gasteiger charge is -2.22. The Morgan fingerprint density at radius 3 is 2.42 bits per heavy atom. The molecule has 72 valence electrons. The lowest BCUT2D eigenvalue weighted by Crippen LogP contribution is -2.35. The highest BCUT2D eigenvalue weighted by Gasteiger charge is 2.30. The smallest absolute Gasteiger partial charge is 0.310 e. The van der Waals surface area contributed by atoms with Crippen molar-refractivity contribution < 1.29 is 9.90 Å². The zero-order valence-electron chi connectivity index (χ0n) is 7.97. The summed E-state index contributed by atoms with van der Waals surface area (Å²) in [5, 5.41) is 8.85. The third kappa shape index (κ3) is 3.22. The standard InChI is InChI=1S/C9H19NO2/c1-3-4-5-6-9(2,7-10)8(11)12/h3-7,10H2,1-2H3,(H,11,12)/t9-/m1/s1. The zero-order chi connectivity index (χ0) is 9.61. The monoisotopic (exact) mass is 173 g/mol. The number of hydrogen-bond donors (Lipinski definition) is 2. The number of carbonyl (C=O) groups is 1. The van der Waals surface area contributed by atoms with Crippen LogP contribution >= 0.6 is 0 Å². The second-order valence-corrected chi connectivity index (χ2v) is 3.53. The maximum Gasteiger partial charge on any atom is 0.310 e. The summed E-state index contributed by atoms with van der Waals surface area (Å²) in [4.78, 5) is 10.8. The van der Waals surface area contributed by atoms with Gasteiger partial charge in [-0.2, -0.15) is 0 Å². The maximum atomic E-state index is 10.8. The lowest BCUT2D eigenvalue weighted by molar-refractivity contribution is -0.147. The molecule has 0 aliphatic heterocycles. The molecule has 0 saturated heterocycles. The van der Waals surface area contributed by atoms with Gasteiger partial charge in [-0.15, -0.1) is 0 Å². The molecule has 0 aromatic carbocycles. The second kappa shape index (κ2) is 5.14. The van der Waals surface area contributed by atoms with Gasteiger partial charge in [0, 0.05) is 6.54 Å². The number of unbranched alkanes of at least 4 members (excludes halogenated alkanes) is 2. The van der Waals surface area contributed by atoms with E-state index in [2.05, 4.69) is 6.92 Å². The fourth-order valence-electron chi connectivity index (χ4n) is 1.06. The van der Waals surface area contributed by atoms with Crippen molar-refractivity contribution in [1.82, 2.24) is 0 Å². The summed E-state index contributed by atoms with van der Waals surface area (Å²) in [6, 6.07) is 0. The lowest BCUT2D eigenvalue weighted by atomic mass is 9.85. The molecule has 0 saturated carbocycles. The molecule has 0 amide bonds. The molecule has 0 aromatic rings. The number of hydrogen-bond acceptors (Lipinski definition) is 2. The van der Waals surface area contributed by atoms with E-state index < -0.39 is 11.4 Å². The molecule has 0 aliphatic rings. The van der Waals surface area contributed by atoms with E-state index in [4.69, 9.17) is 10.8 Å². The van der Waals surface area contributed by atoms with Crippen molar-refractivity contribution in [3.05, 3.63) is 0 Å². The summed E-state index contributed by atoms with van der Waals surface area (Å²) in [6.45, 7) is 4.04. The first-order valence-corrected chi connectivity index (χ1v) is 4.50. The van der Waals surface area contributed by atoms with E-state index in [0.717, 1.165) is 19.3 Å². The third-order valence-corrected chi connectivity index (χ3v) is 2.30. The van der Waals surface area contributed by atoms with Crippen LogP contribution in [0.15, 0.2) is 0 Å². The Balaban J connectivity index is 3.88. The third-order valence-electron chi connectivity index (χ3n) is 2.30. The minimum absolute atomic E-state index is 0.228. The van der Waals surface area contributed by atoms with Crippen molar-refractivity contribution >= 4 is 5.97 Å². The van der Waals surface area contributed by atoms with Crippen molar-refractivity contribution in [2.45, 2.75) is 39.5 Å². The van der Waals surface area contributed by atoms with E-state index in [0.29, 0.717) is 6.42 Å². The Morgan fingerprint density at radius 2 is 2.08 bits per heavy atom. The molecule has 3 nitrogen and oxygen atoms in total. The SMILES string of the molecule is CCCCC[C@](C)(CN)C(=O)O. The van der Waals surface area contributed by atoms with E-state index in [1.807, 2.05) is 0 Å². The summed E-state index contributed by atoms with van der Waals surface area (Å²) >= 11 is 0. The highest BCUT2D eigenvalue weighted by molar-refractivity contribution is 5.74. The Morgan fingerprint density at radius 1 is 1.50 bits per heavy atom. The number of nitrogens with two attached hydrogens (primary N) is 1. The molecular formula is C9H19NO2. The molecule has 3 heteroatoms. The Kier molecular flexibility index (Phi) is 4.90. The first-order chi connectivity index (χ1) is 5.56. The molecule has 0 rings (SSSR count). The van der Waals surface area contributed by atoms with Gasteiger partial charge in [0.25, 0.3) is 0 Å². The average Bonchev–Trinajstić information content (AvgIpc) is 2.04. The molecule has 0 radical (unpaired) electrons. The zero-order valence-corrected chi connectivity index (χ0v) is 7.97. The van der Waals surface area contributed by atoms with E-state index in [9.17, 15) is 4.79 Å². The van der Waals surface area contributed by atoms with Gasteiger partial charge in [-0.05, 0) is 13.3 Å². The summed E-state index contributed by atoms with van der Waals surface area (Å²) in [6.07, 6.45) is 3.84. The quantitative estimate of drug-likeness (QED) is 0.600. The fraction of sp³-hybridized carbons (Fsp3) is 0.889. The molecule has 0 heterocycles. The fourth-order valence-corrected chi connectivity index (χ4v) is 1.06. The van der Waals surface area contributed by atoms with Crippen LogP contribution in [0.1, 0.15) is 39.5 Å². The van der Waals surface area contributed by atoms with Crippen LogP contribution in [0, 0.1) is 5.41 Å². The molecular weight excluding hydrogens is 154 g/mol. The van der Waals surface area contributed by atoms with Crippen LogP contribution in [0.5, 0.6) is 0 Å². The van der Waals surface area contributed by atoms with Crippen molar-refractivity contribution in [2.75, 3.05) is 6.54 Å². The molecule has 0 fully saturated rings. The van der Waals surface area contributed by atoms with E-state index in [-0.39, 0.29) is 6.54 Å². The molecule has 0 aromatic heterocycles. The minimum Gasteiger partial charge on any atom is -0.481 e. The molecule has 1 atom stereocenters. The largest absolute Gasteiger partial charge is 0.481 e. The first kappa shape index (κ1) is 11.4. The molecule has 0 aliphatic carbocycles. The Bertz CT molecular complexity index is 147. The molecule has 0 spiro atoms. The minimum atomic E-state index is -0.777. The van der Waals surface area contributed by atoms with Crippen LogP contribution in [0.2, 0.25) is 0 Å². The average molecular weight is 173 g/mol. The number of rotatable bonds is 6. The molecule has 0 unspecified atom stereocenters. The normalized spacial score (nSPS) is 15.6. The Labute approximate surface area is 74.0 Å². The van der Waals surface area contributed by atoms with Crippen molar-refractivity contribution in [2.24, 2.45) is 11.1 Å². The first-order valence-electron chi connectivity index (χ1n) is 4.50. The summed E-state index contributed by atoms with van der Waals surface area (Å²) in [5.41, 5.74) is 4.70. The van der Waals surface area contributed by atoms with Gasteiger partial charge in [-0.1, -0.05) is 26.2 Å². The summed E-state index contributed by atoms with van der Waals surface area (Å²) in [5.74, 6) is -0.777. The van der Waals surface area contributed by atoms with Crippen molar-refractivity contribution in [3.8, 4) is 0 Å². The van der Waals surface area contributed by atoms with Gasteiger partial charge >= 0.3 is 5.97 Å². The summed E-state index contributed by atoms with van der Waals surface area (Å²) < 4.78 is 0. The van der Waals surface area contributed by atoms with Crippen LogP contribution in [0.25, 0.3) is 0 Å². The number of carboxylic acid groups (broad SMARTS) is 1. The van der Waals surface area contributed by atoms with E-state index in [1.165, 1.54) is 0 Å². The van der Waals surface area contributed by atoms with Crippen LogP contribution in [0.3, 0.4) is 0 Å². The molecule has 12 heavy (non-hydrogen) atoms. The van der Waals surface area contributed by atoms with Gasteiger partial charge in [0.15, 0.2) is 0 Å². The number of carboxylic acids is 1. The van der Waals surface area contributed by atoms with E-state index >= 15 is 0 Å². The van der Waals surface area contributed by atoms with Crippen LogP contribution in [-0.2, 0) is 4.79 Å². The molecule has 3 N–H and O–H groups in total. The maximum absolute atomic E-state index is 10.8. The van der Waals surface area contributed by atoms with Crippen LogP contribution in [-0.4, -0.2) is 17.6 Å². The predicted octanol–water partition coefficient (Wildman–Crippen LogP) is 1.62. The van der Waals surface area contributed by atoms with E-state index in [1.54, 1.807) is 6.92 Å². The highest BCUT2D eigenvalue weighted by atomic mass is 16.4. The summed E-state index contributed by atoms with van der Waals surface area (Å²) in [7, 11) is 0. The van der Waals surface area contributed by atoms with Crippen LogP contribution in [0.4, 0.5) is 0 Å². The predicted molar refractivity (Wildman–Crippen MR) is 48.9 cm³/mol. The number of aliphatic carboxylic acids is 1. The second-order valence-electron chi connectivity index (χ2n) is 3.53. The topological polar surface area (TPSA) is 63.3 Å². The Hall–Kier alpha value is -0.570. The van der Waals surface area contributed by atoms with Gasteiger partial charge in [-0.3, -0.25) is 4.79 Å². The van der Waals surface area contributed by atoms with Crippen molar-refractivity contribution in [3.63, 3.8) is 0 Å². The van der Waals surface area contributed by atoms with Gasteiger partial charge in [0.05, 0.1) is 5.41 Å². The van der Waals surface area contributed by atoms with Gasteiger partial charge in [0.1, 0.15) is 0 Å². The molecule has 0 bridgehead atoms. The van der Waals surface area contributed by atoms with Crippen molar-refractivity contribution in [1.29, 1.82) is 0 Å². The van der Waals surface area contributed by atoms with Gasteiger partial charge in [-0.25, -0.2) is 0 Å². The highest BCUT2D eigenvalue weighted by Crippen LogP contribution is 2.23.